The Hall–Kier alpha value is -3.19. The average Bonchev–Trinajstić information content (AvgIpc) is 3.22. The van der Waals surface area contributed by atoms with Crippen LogP contribution < -0.4 is 10.6 Å². The molecule has 2 aromatic rings. The SMILES string of the molecule is CCC[C@@H]1[C@H]2C[C@H]3CN(Cc4ccccc4)[C@@H]1[C@@]3(c1ccc(NC(C)=O)cc1)N(C(C)=O)[C@@H]2C(=O)NC1CCCCC1. The van der Waals surface area contributed by atoms with E-state index in [1.165, 1.54) is 18.9 Å². The summed E-state index contributed by atoms with van der Waals surface area (Å²) < 4.78 is 0. The number of amides is 3. The van der Waals surface area contributed by atoms with Crippen molar-refractivity contribution >= 4 is 23.4 Å². The van der Waals surface area contributed by atoms with Crippen molar-refractivity contribution in [2.75, 3.05) is 11.9 Å². The summed E-state index contributed by atoms with van der Waals surface area (Å²) in [7, 11) is 0. The quantitative estimate of drug-likeness (QED) is 0.442. The average molecular weight is 571 g/mol. The monoisotopic (exact) mass is 570 g/mol. The lowest BCUT2D eigenvalue weighted by Crippen LogP contribution is -2.76. The lowest BCUT2D eigenvalue weighted by atomic mass is 9.53. The number of nitrogens with one attached hydrogen (secondary N) is 2. The molecule has 0 radical (unpaired) electrons. The maximum Gasteiger partial charge on any atom is 0.243 e. The third-order valence-electron chi connectivity index (χ3n) is 10.6. The van der Waals surface area contributed by atoms with Crippen molar-refractivity contribution in [1.82, 2.24) is 15.1 Å². The van der Waals surface area contributed by atoms with E-state index in [2.05, 4.69) is 64.9 Å². The van der Waals surface area contributed by atoms with E-state index in [-0.39, 0.29) is 41.6 Å². The Morgan fingerprint density at radius 1 is 0.952 bits per heavy atom. The van der Waals surface area contributed by atoms with Gasteiger partial charge in [0.05, 0.1) is 5.54 Å². The van der Waals surface area contributed by atoms with Crippen molar-refractivity contribution in [3.8, 4) is 0 Å². The molecule has 2 N–H and O–H groups in total. The molecule has 5 fully saturated rings. The predicted octanol–water partition coefficient (Wildman–Crippen LogP) is 5.46. The summed E-state index contributed by atoms with van der Waals surface area (Å²) in [5, 5.41) is 6.32. The zero-order valence-corrected chi connectivity index (χ0v) is 25.4. The van der Waals surface area contributed by atoms with Crippen molar-refractivity contribution in [1.29, 1.82) is 0 Å². The topological polar surface area (TPSA) is 81.8 Å². The van der Waals surface area contributed by atoms with Crippen molar-refractivity contribution in [2.24, 2.45) is 17.8 Å². The second-order valence-corrected chi connectivity index (χ2v) is 13.2. The number of nitrogens with zero attached hydrogens (tertiary/aromatic N) is 2. The standard InChI is InChI=1S/C35H46N4O3/c1-4-11-30-31-20-27-22-38(21-25-12-7-5-8-13-25)33(30)35(27,26-16-18-29(19-17-26)36-23(2)40)39(24(3)41)32(31)34(42)37-28-14-9-6-10-15-28/h5,7-8,12-13,16-19,27-28,30-33H,4,6,9-11,14-15,20-22H2,1-3H3,(H,36,40)(H,37,42)/t27-,30+,31+,32-,33-,35-/m0/s1. The minimum atomic E-state index is -0.613. The van der Waals surface area contributed by atoms with Gasteiger partial charge in [0.15, 0.2) is 0 Å². The molecule has 0 aromatic heterocycles. The Bertz CT molecular complexity index is 1290. The van der Waals surface area contributed by atoms with Crippen molar-refractivity contribution in [3.63, 3.8) is 0 Å². The number of hydrogen-bond acceptors (Lipinski definition) is 4. The number of benzene rings is 2. The second kappa shape index (κ2) is 11.8. The fraction of sp³-hybridized carbons (Fsp3) is 0.571. The molecule has 3 amide bonds. The third kappa shape index (κ3) is 4.93. The van der Waals surface area contributed by atoms with E-state index in [0.717, 1.165) is 69.3 Å². The maximum atomic E-state index is 14.3. The number of anilines is 1. The summed E-state index contributed by atoms with van der Waals surface area (Å²) in [6.45, 7) is 7.13. The molecule has 7 heteroatoms. The van der Waals surface area contributed by atoms with Gasteiger partial charge in [-0.25, -0.2) is 0 Å². The summed E-state index contributed by atoms with van der Waals surface area (Å²) in [5.41, 5.74) is 2.48. The molecule has 2 aliphatic carbocycles. The molecule has 3 heterocycles. The van der Waals surface area contributed by atoms with Crippen molar-refractivity contribution in [3.05, 3.63) is 65.7 Å². The van der Waals surface area contributed by atoms with Gasteiger partial charge >= 0.3 is 0 Å². The molecule has 4 bridgehead atoms. The van der Waals surface area contributed by atoms with Crippen LogP contribution in [0, 0.1) is 17.8 Å². The molecular formula is C35H46N4O3. The van der Waals surface area contributed by atoms with Crippen LogP contribution >= 0.6 is 0 Å². The molecule has 2 aromatic carbocycles. The minimum Gasteiger partial charge on any atom is -0.352 e. The van der Waals surface area contributed by atoms with Crippen LogP contribution in [0.4, 0.5) is 5.69 Å². The summed E-state index contributed by atoms with van der Waals surface area (Å²) in [6, 6.07) is 18.6. The molecule has 3 aliphatic heterocycles. The van der Waals surface area contributed by atoms with Gasteiger partial charge in [-0.3, -0.25) is 19.3 Å². The minimum absolute atomic E-state index is 0.0269. The normalized spacial score (nSPS) is 30.7. The summed E-state index contributed by atoms with van der Waals surface area (Å²) >= 11 is 0. The predicted molar refractivity (Wildman–Crippen MR) is 164 cm³/mol. The number of carbonyl (C=O) groups is 3. The van der Waals surface area contributed by atoms with E-state index >= 15 is 0 Å². The highest BCUT2D eigenvalue weighted by Gasteiger charge is 2.72. The van der Waals surface area contributed by atoms with E-state index in [0.29, 0.717) is 5.92 Å². The fourth-order valence-electron chi connectivity index (χ4n) is 9.33. The van der Waals surface area contributed by atoms with Gasteiger partial charge < -0.3 is 15.5 Å². The Balaban J connectivity index is 1.46. The summed E-state index contributed by atoms with van der Waals surface area (Å²) in [5.74, 6) is 0.551. The van der Waals surface area contributed by atoms with Crippen LogP contribution in [0.5, 0.6) is 0 Å². The van der Waals surface area contributed by atoms with Gasteiger partial charge in [0, 0.05) is 50.6 Å². The van der Waals surface area contributed by atoms with Crippen LogP contribution in [-0.4, -0.2) is 52.2 Å². The first-order valence-corrected chi connectivity index (χ1v) is 16.1. The van der Waals surface area contributed by atoms with Crippen LogP contribution in [0.25, 0.3) is 0 Å². The van der Waals surface area contributed by atoms with Crippen molar-refractivity contribution in [2.45, 2.75) is 102 Å². The van der Waals surface area contributed by atoms with Gasteiger partial charge in [0.1, 0.15) is 6.04 Å². The summed E-state index contributed by atoms with van der Waals surface area (Å²) in [4.78, 5) is 44.6. The molecular weight excluding hydrogens is 524 g/mol. The lowest BCUT2D eigenvalue weighted by Gasteiger charge is -2.65. The largest absolute Gasteiger partial charge is 0.352 e. The smallest absolute Gasteiger partial charge is 0.243 e. The molecule has 6 atom stereocenters. The van der Waals surface area contributed by atoms with Crippen LogP contribution in [0.2, 0.25) is 0 Å². The first-order chi connectivity index (χ1) is 20.3. The Labute approximate surface area is 250 Å². The molecule has 42 heavy (non-hydrogen) atoms. The van der Waals surface area contributed by atoms with Gasteiger partial charge in [-0.05, 0) is 60.8 Å². The molecule has 3 saturated heterocycles. The van der Waals surface area contributed by atoms with Crippen LogP contribution in [-0.2, 0) is 26.5 Å². The molecule has 0 unspecified atom stereocenters. The number of fused-ring (bicyclic) bond motifs is 1. The molecule has 0 spiro atoms. The molecule has 7 nitrogen and oxygen atoms in total. The first kappa shape index (κ1) is 28.9. The van der Waals surface area contributed by atoms with E-state index in [9.17, 15) is 14.4 Å². The third-order valence-corrected chi connectivity index (χ3v) is 10.6. The van der Waals surface area contributed by atoms with E-state index < -0.39 is 11.6 Å². The second-order valence-electron chi connectivity index (χ2n) is 13.2. The van der Waals surface area contributed by atoms with Gasteiger partial charge in [-0.2, -0.15) is 0 Å². The van der Waals surface area contributed by atoms with E-state index in [1.54, 1.807) is 6.92 Å². The molecule has 2 saturated carbocycles. The lowest BCUT2D eigenvalue weighted by molar-refractivity contribution is -0.185. The Morgan fingerprint density at radius 3 is 2.31 bits per heavy atom. The number of hydrogen-bond donors (Lipinski definition) is 2. The molecule has 7 rings (SSSR count). The zero-order chi connectivity index (χ0) is 29.4. The maximum absolute atomic E-state index is 14.3. The number of rotatable bonds is 8. The zero-order valence-electron chi connectivity index (χ0n) is 25.4. The number of piperidine rings is 2. The fourth-order valence-corrected chi connectivity index (χ4v) is 9.33. The van der Waals surface area contributed by atoms with Crippen LogP contribution in [0.1, 0.15) is 83.3 Å². The Kier molecular flexibility index (Phi) is 8.14. The highest BCUT2D eigenvalue weighted by Crippen LogP contribution is 2.64. The van der Waals surface area contributed by atoms with Gasteiger partial charge in [0.25, 0.3) is 0 Å². The highest BCUT2D eigenvalue weighted by atomic mass is 16.2. The van der Waals surface area contributed by atoms with Gasteiger partial charge in [-0.1, -0.05) is 75.1 Å². The summed E-state index contributed by atoms with van der Waals surface area (Å²) in [6.07, 6.45) is 8.57. The van der Waals surface area contributed by atoms with Gasteiger partial charge in [0.2, 0.25) is 17.7 Å². The van der Waals surface area contributed by atoms with E-state index in [1.807, 2.05) is 17.0 Å². The van der Waals surface area contributed by atoms with Crippen LogP contribution in [0.15, 0.2) is 54.6 Å². The highest BCUT2D eigenvalue weighted by molar-refractivity contribution is 5.90. The van der Waals surface area contributed by atoms with Crippen molar-refractivity contribution < 1.29 is 14.4 Å². The number of carbonyl (C=O) groups excluding carboxylic acids is 3. The molecule has 5 aliphatic rings. The van der Waals surface area contributed by atoms with E-state index in [4.69, 9.17) is 0 Å². The Morgan fingerprint density at radius 2 is 1.67 bits per heavy atom. The molecule has 224 valence electrons. The first-order valence-electron chi connectivity index (χ1n) is 16.1. The van der Waals surface area contributed by atoms with Crippen LogP contribution in [0.3, 0.4) is 0 Å². The number of likely N-dealkylation sites (tertiary alicyclic amines) is 1. The van der Waals surface area contributed by atoms with Gasteiger partial charge in [-0.15, -0.1) is 0 Å².